The molecule has 6 aromatic rings. The Balaban J connectivity index is 0.978. The van der Waals surface area contributed by atoms with E-state index in [4.69, 9.17) is 4.74 Å². The van der Waals surface area contributed by atoms with Crippen molar-refractivity contribution in [2.24, 2.45) is 0 Å². The van der Waals surface area contributed by atoms with Crippen molar-refractivity contribution in [1.82, 2.24) is 0 Å². The van der Waals surface area contributed by atoms with Gasteiger partial charge in [-0.15, -0.1) is 0 Å². The molecule has 0 atom stereocenters. The minimum Gasteiger partial charge on any atom is -0.457 e. The summed E-state index contributed by atoms with van der Waals surface area (Å²) < 4.78 is 9.58. The fraction of sp³-hybridized carbons (Fsp3) is 0.0909. The number of rotatable bonds is 14. The minimum absolute atomic E-state index is 0.00318. The van der Waals surface area contributed by atoms with Gasteiger partial charge < -0.3 is 4.74 Å². The van der Waals surface area contributed by atoms with Gasteiger partial charge in [0.2, 0.25) is 0 Å². The number of carbonyl (C=O) groups excluding carboxylic acids is 4. The van der Waals surface area contributed by atoms with Gasteiger partial charge in [0.25, 0.3) is 0 Å². The number of halogens is 4. The van der Waals surface area contributed by atoms with E-state index in [2.05, 4.69) is 63.7 Å². The van der Waals surface area contributed by atoms with Gasteiger partial charge in [0.1, 0.15) is 11.5 Å². The highest BCUT2D eigenvalue weighted by molar-refractivity contribution is 9.11. The van der Waals surface area contributed by atoms with Crippen LogP contribution >= 0.6 is 63.7 Å². The molecule has 0 amide bonds. The van der Waals surface area contributed by atoms with E-state index in [1.54, 1.807) is 72.8 Å². The number of Topliss-reactive ketones (excluding diaryl/α,β-unsaturated/α-hetero) is 4. The Labute approximate surface area is 341 Å². The number of ether oxygens (including phenoxy) is 1. The maximum absolute atomic E-state index is 13.0. The van der Waals surface area contributed by atoms with Gasteiger partial charge >= 0.3 is 0 Å². The molecule has 9 heteroatoms. The predicted molar refractivity (Wildman–Crippen MR) is 222 cm³/mol. The summed E-state index contributed by atoms with van der Waals surface area (Å²) in [5, 5.41) is 0. The summed E-state index contributed by atoms with van der Waals surface area (Å²) in [6.07, 6.45) is 0.966. The van der Waals surface area contributed by atoms with Crippen LogP contribution in [0.3, 0.4) is 0 Å². The Morgan fingerprint density at radius 1 is 0.340 bits per heavy atom. The third-order valence-electron chi connectivity index (χ3n) is 8.44. The second-order valence-electron chi connectivity index (χ2n) is 12.5. The number of hydrogen-bond acceptors (Lipinski definition) is 5. The van der Waals surface area contributed by atoms with Crippen LogP contribution in [0.15, 0.2) is 151 Å². The Morgan fingerprint density at radius 3 is 0.868 bits per heavy atom. The third-order valence-corrected chi connectivity index (χ3v) is 10.3. The monoisotopic (exact) mass is 954 g/mol. The predicted octanol–water partition coefficient (Wildman–Crippen LogP) is 12.2. The molecule has 0 heterocycles. The summed E-state index contributed by atoms with van der Waals surface area (Å²) in [4.78, 5) is 51.6. The molecule has 264 valence electrons. The van der Waals surface area contributed by atoms with E-state index in [0.29, 0.717) is 33.8 Å². The zero-order valence-corrected chi connectivity index (χ0v) is 34.4. The second kappa shape index (κ2) is 17.7. The van der Waals surface area contributed by atoms with Gasteiger partial charge in [-0.25, -0.2) is 0 Å². The van der Waals surface area contributed by atoms with Crippen molar-refractivity contribution in [1.29, 1.82) is 0 Å². The summed E-state index contributed by atoms with van der Waals surface area (Å²) in [5.41, 5.74) is 5.74. The summed E-state index contributed by atoms with van der Waals surface area (Å²) in [6.45, 7) is 0. The molecule has 0 N–H and O–H groups in total. The summed E-state index contributed by atoms with van der Waals surface area (Å²) in [5.74, 6) is 1.03. The van der Waals surface area contributed by atoms with Crippen molar-refractivity contribution in [3.8, 4) is 11.5 Å². The topological polar surface area (TPSA) is 77.5 Å². The minimum atomic E-state index is -0.0484. The average Bonchev–Trinajstić information content (AvgIpc) is 3.12. The Kier molecular flexibility index (Phi) is 12.8. The van der Waals surface area contributed by atoms with Crippen LogP contribution in [-0.4, -0.2) is 23.1 Å². The molecule has 5 nitrogen and oxygen atoms in total. The molecule has 0 saturated carbocycles. The van der Waals surface area contributed by atoms with Gasteiger partial charge in [-0.2, -0.15) is 0 Å². The molecule has 0 saturated heterocycles. The number of ketones is 4. The molecular formula is C44H30Br4O5. The van der Waals surface area contributed by atoms with Crippen LogP contribution in [0.4, 0.5) is 0 Å². The summed E-state index contributed by atoms with van der Waals surface area (Å²) >= 11 is 13.8. The zero-order chi connectivity index (χ0) is 37.5. The molecule has 0 aliphatic rings. The van der Waals surface area contributed by atoms with E-state index >= 15 is 0 Å². The maximum atomic E-state index is 13.0. The fourth-order valence-electron chi connectivity index (χ4n) is 5.75. The Bertz CT molecular complexity index is 2090. The molecule has 0 fully saturated rings. The Hall–Kier alpha value is -4.28. The molecule has 6 rings (SSSR count). The molecule has 0 aliphatic heterocycles. The van der Waals surface area contributed by atoms with Crippen molar-refractivity contribution in [2.45, 2.75) is 25.7 Å². The molecule has 0 aliphatic carbocycles. The smallest absolute Gasteiger partial charge is 0.167 e. The van der Waals surface area contributed by atoms with Crippen LogP contribution < -0.4 is 4.74 Å². The number of carbonyl (C=O) groups is 4. The van der Waals surface area contributed by atoms with Gasteiger partial charge in [-0.3, -0.25) is 19.2 Å². The lowest BCUT2D eigenvalue weighted by atomic mass is 9.99. The average molecular weight is 958 g/mol. The van der Waals surface area contributed by atoms with Crippen LogP contribution in [0, 0.1) is 0 Å². The van der Waals surface area contributed by atoms with Crippen molar-refractivity contribution < 1.29 is 23.9 Å². The zero-order valence-electron chi connectivity index (χ0n) is 28.1. The number of hydrogen-bond donors (Lipinski definition) is 0. The fourth-order valence-corrected chi connectivity index (χ4v) is 8.52. The quantitative estimate of drug-likeness (QED) is 0.102. The first-order valence-electron chi connectivity index (χ1n) is 16.6. The van der Waals surface area contributed by atoms with Gasteiger partial charge in [0.05, 0.1) is 0 Å². The highest BCUT2D eigenvalue weighted by Gasteiger charge is 2.14. The van der Waals surface area contributed by atoms with Crippen molar-refractivity contribution in [3.05, 3.63) is 196 Å². The lowest BCUT2D eigenvalue weighted by Gasteiger charge is -2.09. The van der Waals surface area contributed by atoms with Crippen molar-refractivity contribution in [3.63, 3.8) is 0 Å². The highest BCUT2D eigenvalue weighted by atomic mass is 79.9. The number of benzene rings is 6. The van der Waals surface area contributed by atoms with E-state index in [9.17, 15) is 19.2 Å². The standard InChI is InChI=1S/C44H30Br4O5/c45-35-17-29(18-36(46)25-35)23-43(51)31-5-1-27(2-6-31)21-41(49)33-9-13-39(14-10-33)53-40-15-11-34(12-16-40)42(50)22-28-3-7-32(8-4-28)44(52)24-30-19-37(47)26-38(48)20-30/h1-20,25-26H,21-24H2. The molecule has 6 aromatic carbocycles. The van der Waals surface area contributed by atoms with Crippen LogP contribution in [-0.2, 0) is 25.7 Å². The van der Waals surface area contributed by atoms with E-state index in [1.807, 2.05) is 60.7 Å². The molecule has 0 unspecified atom stereocenters. The van der Waals surface area contributed by atoms with E-state index in [1.165, 1.54) is 0 Å². The first-order valence-corrected chi connectivity index (χ1v) is 19.7. The van der Waals surface area contributed by atoms with Crippen molar-refractivity contribution >= 4 is 86.9 Å². The molecule has 0 spiro atoms. The molecular weight excluding hydrogens is 928 g/mol. The van der Waals surface area contributed by atoms with Crippen LogP contribution in [0.2, 0.25) is 0 Å². The van der Waals surface area contributed by atoms with Crippen LogP contribution in [0.1, 0.15) is 63.7 Å². The highest BCUT2D eigenvalue weighted by Crippen LogP contribution is 2.25. The first-order chi connectivity index (χ1) is 25.5. The largest absolute Gasteiger partial charge is 0.457 e. The lowest BCUT2D eigenvalue weighted by molar-refractivity contribution is 0.0983. The van der Waals surface area contributed by atoms with Gasteiger partial charge in [0.15, 0.2) is 23.1 Å². The normalized spacial score (nSPS) is 10.9. The van der Waals surface area contributed by atoms with Crippen LogP contribution in [0.5, 0.6) is 11.5 Å². The second-order valence-corrected chi connectivity index (χ2v) is 16.2. The van der Waals surface area contributed by atoms with E-state index in [-0.39, 0.29) is 48.8 Å². The lowest BCUT2D eigenvalue weighted by Crippen LogP contribution is -2.06. The first kappa shape index (κ1) is 38.4. The molecule has 0 aromatic heterocycles. The molecule has 53 heavy (non-hydrogen) atoms. The summed E-state index contributed by atoms with van der Waals surface area (Å²) in [7, 11) is 0. The maximum Gasteiger partial charge on any atom is 0.167 e. The summed E-state index contributed by atoms with van der Waals surface area (Å²) in [6, 6.07) is 39.7. The molecule has 0 radical (unpaired) electrons. The van der Waals surface area contributed by atoms with Gasteiger partial charge in [-0.1, -0.05) is 112 Å². The van der Waals surface area contributed by atoms with E-state index in [0.717, 1.165) is 40.1 Å². The van der Waals surface area contributed by atoms with Gasteiger partial charge in [0, 0.05) is 65.8 Å². The molecule has 0 bridgehead atoms. The van der Waals surface area contributed by atoms with E-state index < -0.39 is 0 Å². The third kappa shape index (κ3) is 10.9. The van der Waals surface area contributed by atoms with Crippen molar-refractivity contribution in [2.75, 3.05) is 0 Å². The Morgan fingerprint density at radius 2 is 0.585 bits per heavy atom. The SMILES string of the molecule is O=C(Cc1ccc(C(=O)Cc2cc(Br)cc(Br)c2)cc1)c1ccc(Oc2ccc(C(=O)Cc3ccc(C(=O)Cc4cc(Br)cc(Br)c4)cc3)cc2)cc1. The van der Waals surface area contributed by atoms with Gasteiger partial charge in [-0.05, 0) is 107 Å². The van der Waals surface area contributed by atoms with Crippen LogP contribution in [0.25, 0.3) is 0 Å².